The van der Waals surface area contributed by atoms with Crippen molar-refractivity contribution in [1.29, 1.82) is 0 Å². The molecule has 1 aromatic rings. The number of phenolic OH excluding ortho intramolecular Hbond substituents is 1. The van der Waals surface area contributed by atoms with Gasteiger partial charge in [0.25, 0.3) is 0 Å². The van der Waals surface area contributed by atoms with Gasteiger partial charge in [-0.25, -0.2) is 0 Å². The molecule has 0 heterocycles. The Balaban J connectivity index is 2.62. The number of rotatable bonds is 1. The quantitative estimate of drug-likeness (QED) is 0.620. The highest BCUT2D eigenvalue weighted by molar-refractivity contribution is 5.60. The van der Waals surface area contributed by atoms with E-state index >= 15 is 0 Å². The van der Waals surface area contributed by atoms with Crippen molar-refractivity contribution in [3.63, 3.8) is 0 Å². The van der Waals surface area contributed by atoms with Crippen LogP contribution in [0.5, 0.6) is 5.75 Å². The molecule has 0 aliphatic heterocycles. The monoisotopic (exact) mass is 149 g/mol. The molecule has 0 fully saturated rings. The molecule has 0 saturated carbocycles. The lowest BCUT2D eigenvalue weighted by atomic mass is 9.87. The molecule has 11 heavy (non-hydrogen) atoms. The highest BCUT2D eigenvalue weighted by Gasteiger charge is 2.19. The van der Waals surface area contributed by atoms with Crippen molar-refractivity contribution in [2.45, 2.75) is 12.8 Å². The van der Waals surface area contributed by atoms with Crippen LogP contribution in [-0.2, 0) is 12.8 Å². The molecule has 2 rings (SSSR count). The number of nitroso groups, excluding NO2 is 1. The molecule has 0 amide bonds. The lowest BCUT2D eigenvalue weighted by Crippen LogP contribution is -2.07. The van der Waals surface area contributed by atoms with E-state index < -0.39 is 0 Å². The summed E-state index contributed by atoms with van der Waals surface area (Å²) < 4.78 is 0. The topological polar surface area (TPSA) is 49.7 Å². The minimum absolute atomic E-state index is 0.0729. The second kappa shape index (κ2) is 2.05. The van der Waals surface area contributed by atoms with Crippen LogP contribution < -0.4 is 0 Å². The van der Waals surface area contributed by atoms with Gasteiger partial charge >= 0.3 is 0 Å². The summed E-state index contributed by atoms with van der Waals surface area (Å²) in [7, 11) is 0. The third kappa shape index (κ3) is 0.738. The van der Waals surface area contributed by atoms with E-state index in [-0.39, 0.29) is 11.4 Å². The van der Waals surface area contributed by atoms with Crippen LogP contribution in [0.4, 0.5) is 5.69 Å². The van der Waals surface area contributed by atoms with Gasteiger partial charge in [-0.05, 0) is 35.2 Å². The first-order valence-corrected chi connectivity index (χ1v) is 3.50. The molecule has 1 aromatic carbocycles. The zero-order valence-electron chi connectivity index (χ0n) is 5.87. The van der Waals surface area contributed by atoms with Gasteiger partial charge in [0.1, 0.15) is 11.4 Å². The standard InChI is InChI=1S/C8H7NO2/c10-8-6-3-1-5(6)2-4-7(8)9-11/h2,4,10H,1,3H2. The van der Waals surface area contributed by atoms with Gasteiger partial charge in [0, 0.05) is 0 Å². The minimum Gasteiger partial charge on any atom is -0.505 e. The molecular weight excluding hydrogens is 142 g/mol. The van der Waals surface area contributed by atoms with Gasteiger partial charge < -0.3 is 5.11 Å². The Hall–Kier alpha value is -1.38. The number of nitrogens with zero attached hydrogens (tertiary/aromatic N) is 1. The Morgan fingerprint density at radius 1 is 1.36 bits per heavy atom. The first-order valence-electron chi connectivity index (χ1n) is 3.50. The minimum atomic E-state index is 0.0729. The third-order valence-electron chi connectivity index (χ3n) is 2.10. The molecule has 0 spiro atoms. The molecule has 0 bridgehead atoms. The fourth-order valence-electron chi connectivity index (χ4n) is 1.34. The number of aryl methyl sites for hydroxylation is 1. The van der Waals surface area contributed by atoms with Gasteiger partial charge in [0.2, 0.25) is 0 Å². The maximum atomic E-state index is 10.1. The van der Waals surface area contributed by atoms with Gasteiger partial charge in [0.15, 0.2) is 0 Å². The maximum Gasteiger partial charge on any atom is 0.149 e. The predicted molar refractivity (Wildman–Crippen MR) is 41.0 cm³/mol. The largest absolute Gasteiger partial charge is 0.505 e. The zero-order valence-corrected chi connectivity index (χ0v) is 5.87. The number of hydrogen-bond acceptors (Lipinski definition) is 3. The molecule has 0 atom stereocenters. The number of phenols is 1. The van der Waals surface area contributed by atoms with Crippen molar-refractivity contribution in [3.8, 4) is 5.75 Å². The van der Waals surface area contributed by atoms with Crippen LogP contribution in [-0.4, -0.2) is 5.11 Å². The Labute approximate surface area is 63.6 Å². The zero-order chi connectivity index (χ0) is 7.84. The van der Waals surface area contributed by atoms with Crippen molar-refractivity contribution in [3.05, 3.63) is 28.2 Å². The number of benzene rings is 1. The second-order valence-electron chi connectivity index (χ2n) is 2.66. The summed E-state index contributed by atoms with van der Waals surface area (Å²) in [5.41, 5.74) is 2.18. The molecule has 1 aliphatic rings. The van der Waals surface area contributed by atoms with Gasteiger partial charge in [0.05, 0.1) is 0 Å². The molecule has 0 saturated heterocycles. The summed E-state index contributed by atoms with van der Waals surface area (Å²) in [6.07, 6.45) is 1.87. The number of fused-ring (bicyclic) bond motifs is 1. The van der Waals surface area contributed by atoms with E-state index in [0.29, 0.717) is 0 Å². The average molecular weight is 149 g/mol. The lowest BCUT2D eigenvalue weighted by Gasteiger charge is -2.19. The van der Waals surface area contributed by atoms with Crippen LogP contribution in [0, 0.1) is 4.91 Å². The van der Waals surface area contributed by atoms with Gasteiger partial charge in [-0.15, -0.1) is 4.91 Å². The van der Waals surface area contributed by atoms with Crippen molar-refractivity contribution in [2.75, 3.05) is 0 Å². The van der Waals surface area contributed by atoms with E-state index in [1.807, 2.05) is 6.07 Å². The van der Waals surface area contributed by atoms with E-state index in [4.69, 9.17) is 0 Å². The summed E-state index contributed by atoms with van der Waals surface area (Å²) in [5, 5.41) is 12.0. The predicted octanol–water partition coefficient (Wildman–Crippen LogP) is 1.89. The number of aromatic hydroxyl groups is 1. The van der Waals surface area contributed by atoms with E-state index in [0.717, 1.165) is 24.0 Å². The second-order valence-corrected chi connectivity index (χ2v) is 2.66. The Kier molecular flexibility index (Phi) is 1.18. The smallest absolute Gasteiger partial charge is 0.149 e. The molecule has 3 nitrogen and oxygen atoms in total. The van der Waals surface area contributed by atoms with E-state index in [9.17, 15) is 10.0 Å². The van der Waals surface area contributed by atoms with Crippen molar-refractivity contribution >= 4 is 5.69 Å². The fourth-order valence-corrected chi connectivity index (χ4v) is 1.34. The van der Waals surface area contributed by atoms with E-state index in [1.165, 1.54) is 0 Å². The summed E-state index contributed by atoms with van der Waals surface area (Å²) in [6, 6.07) is 3.40. The Morgan fingerprint density at radius 3 is 2.73 bits per heavy atom. The van der Waals surface area contributed by atoms with Crippen molar-refractivity contribution in [2.24, 2.45) is 5.18 Å². The van der Waals surface area contributed by atoms with E-state index in [1.54, 1.807) is 6.07 Å². The lowest BCUT2D eigenvalue weighted by molar-refractivity contribution is 0.463. The summed E-state index contributed by atoms with van der Waals surface area (Å²) in [5.74, 6) is 0.0729. The molecule has 1 aliphatic carbocycles. The maximum absolute atomic E-state index is 10.1. The normalized spacial score (nSPS) is 13.5. The molecule has 0 radical (unpaired) electrons. The van der Waals surface area contributed by atoms with Crippen molar-refractivity contribution < 1.29 is 5.11 Å². The Bertz CT molecular complexity index is 320. The third-order valence-corrected chi connectivity index (χ3v) is 2.10. The average Bonchev–Trinajstić information content (AvgIpc) is 1.93. The molecule has 1 N–H and O–H groups in total. The van der Waals surface area contributed by atoms with E-state index in [2.05, 4.69) is 5.18 Å². The molecule has 56 valence electrons. The molecule has 0 unspecified atom stereocenters. The van der Waals surface area contributed by atoms with Crippen LogP contribution in [0.2, 0.25) is 0 Å². The van der Waals surface area contributed by atoms with Crippen LogP contribution in [0.3, 0.4) is 0 Å². The van der Waals surface area contributed by atoms with Gasteiger partial charge in [-0.2, -0.15) is 0 Å². The van der Waals surface area contributed by atoms with Crippen LogP contribution in [0.1, 0.15) is 11.1 Å². The highest BCUT2D eigenvalue weighted by atomic mass is 16.3. The molecule has 3 heteroatoms. The van der Waals surface area contributed by atoms with Gasteiger partial charge in [-0.3, -0.25) is 0 Å². The van der Waals surface area contributed by atoms with Crippen LogP contribution in [0.15, 0.2) is 17.3 Å². The summed E-state index contributed by atoms with van der Waals surface area (Å²) in [4.78, 5) is 10.1. The SMILES string of the molecule is O=Nc1ccc2c(c1O)CC2. The van der Waals surface area contributed by atoms with Gasteiger partial charge in [-0.1, -0.05) is 6.07 Å². The van der Waals surface area contributed by atoms with Crippen LogP contribution in [0.25, 0.3) is 0 Å². The first kappa shape index (κ1) is 6.34. The van der Waals surface area contributed by atoms with Crippen molar-refractivity contribution in [1.82, 2.24) is 0 Å². The fraction of sp³-hybridized carbons (Fsp3) is 0.250. The summed E-state index contributed by atoms with van der Waals surface area (Å²) in [6.45, 7) is 0. The Morgan fingerprint density at radius 2 is 2.18 bits per heavy atom. The van der Waals surface area contributed by atoms with Crippen LogP contribution >= 0.6 is 0 Å². The molecular formula is C8H7NO2. The summed E-state index contributed by atoms with van der Waals surface area (Å²) >= 11 is 0. The number of hydrogen-bond donors (Lipinski definition) is 1. The highest BCUT2D eigenvalue weighted by Crippen LogP contribution is 2.38. The first-order chi connectivity index (χ1) is 5.33. The molecule has 0 aromatic heterocycles.